The third-order valence-electron chi connectivity index (χ3n) is 6.42. The van der Waals surface area contributed by atoms with Crippen LogP contribution in [0.25, 0.3) is 0 Å². The molecule has 2 N–H and O–H groups in total. The first kappa shape index (κ1) is 22.6. The van der Waals surface area contributed by atoms with Gasteiger partial charge in [-0.2, -0.15) is 4.98 Å². The van der Waals surface area contributed by atoms with E-state index < -0.39 is 0 Å². The van der Waals surface area contributed by atoms with Crippen molar-refractivity contribution in [3.8, 4) is 0 Å². The summed E-state index contributed by atoms with van der Waals surface area (Å²) in [6.45, 7) is 2.74. The number of hydrogen-bond acceptors (Lipinski definition) is 4. The summed E-state index contributed by atoms with van der Waals surface area (Å²) in [4.78, 5) is 11.2. The minimum Gasteiger partial charge on any atom is -0.361 e. The zero-order chi connectivity index (χ0) is 21.7. The first-order chi connectivity index (χ1) is 15.0. The fourth-order valence-corrected chi connectivity index (χ4v) is 5.29. The summed E-state index contributed by atoms with van der Waals surface area (Å²) in [6, 6.07) is 10.1. The standard InChI is InChI=1S/C23H29Cl2N5S/c24-18-9-7-8-17(14-18)23(10-3-1-4-11-23)16-26-22(31)29-21-27-19(25)15-20(28-21)30-12-5-2-6-13-30/h7-9,14-15H,1-6,10-13,16H2,(H2,26,27,28,29,31). The lowest BCUT2D eigenvalue weighted by molar-refractivity contribution is 0.292. The lowest BCUT2D eigenvalue weighted by atomic mass is 9.69. The van der Waals surface area contributed by atoms with Crippen LogP contribution < -0.4 is 15.5 Å². The van der Waals surface area contributed by atoms with E-state index in [9.17, 15) is 0 Å². The maximum absolute atomic E-state index is 6.30. The van der Waals surface area contributed by atoms with Crippen molar-refractivity contribution in [1.82, 2.24) is 15.3 Å². The normalized spacial score (nSPS) is 18.5. The molecule has 1 saturated heterocycles. The summed E-state index contributed by atoms with van der Waals surface area (Å²) in [5.41, 5.74) is 1.31. The van der Waals surface area contributed by atoms with Gasteiger partial charge in [0.05, 0.1) is 0 Å². The molecule has 2 aliphatic rings. The molecule has 2 fully saturated rings. The van der Waals surface area contributed by atoms with E-state index in [-0.39, 0.29) is 5.41 Å². The predicted molar refractivity (Wildman–Crippen MR) is 134 cm³/mol. The Morgan fingerprint density at radius 3 is 2.48 bits per heavy atom. The quantitative estimate of drug-likeness (QED) is 0.409. The van der Waals surface area contributed by atoms with E-state index in [1.54, 1.807) is 0 Å². The highest BCUT2D eigenvalue weighted by molar-refractivity contribution is 7.80. The van der Waals surface area contributed by atoms with Crippen molar-refractivity contribution < 1.29 is 0 Å². The van der Waals surface area contributed by atoms with E-state index in [2.05, 4.69) is 37.6 Å². The monoisotopic (exact) mass is 477 g/mol. The lowest BCUT2D eigenvalue weighted by Crippen LogP contribution is -2.43. The average Bonchev–Trinajstić information content (AvgIpc) is 2.78. The molecule has 1 aromatic heterocycles. The summed E-state index contributed by atoms with van der Waals surface area (Å²) in [5.74, 6) is 1.29. The molecular formula is C23H29Cl2N5S. The number of hydrogen-bond donors (Lipinski definition) is 2. The van der Waals surface area contributed by atoms with Gasteiger partial charge in [-0.05, 0) is 62.0 Å². The van der Waals surface area contributed by atoms with Crippen molar-refractivity contribution in [1.29, 1.82) is 0 Å². The Labute approximate surface area is 199 Å². The zero-order valence-electron chi connectivity index (χ0n) is 17.7. The molecule has 0 atom stereocenters. The van der Waals surface area contributed by atoms with Crippen LogP contribution in [0, 0.1) is 0 Å². The Morgan fingerprint density at radius 2 is 1.74 bits per heavy atom. The highest BCUT2D eigenvalue weighted by atomic mass is 35.5. The van der Waals surface area contributed by atoms with Gasteiger partial charge in [0.15, 0.2) is 5.11 Å². The topological polar surface area (TPSA) is 53.1 Å². The molecular weight excluding hydrogens is 449 g/mol. The van der Waals surface area contributed by atoms with Crippen molar-refractivity contribution >= 4 is 52.3 Å². The number of aromatic nitrogens is 2. The summed E-state index contributed by atoms with van der Waals surface area (Å²) >= 11 is 18.2. The summed E-state index contributed by atoms with van der Waals surface area (Å²) in [6.07, 6.45) is 9.57. The van der Waals surface area contributed by atoms with E-state index in [0.29, 0.717) is 16.2 Å². The molecule has 0 spiro atoms. The van der Waals surface area contributed by atoms with Gasteiger partial charge in [0.25, 0.3) is 0 Å². The Hall–Kier alpha value is -1.63. The van der Waals surface area contributed by atoms with Gasteiger partial charge in [0.2, 0.25) is 5.95 Å². The molecule has 0 amide bonds. The number of halogens is 2. The van der Waals surface area contributed by atoms with Gasteiger partial charge in [0, 0.05) is 36.1 Å². The SMILES string of the molecule is S=C(NCC1(c2cccc(Cl)c2)CCCCC1)Nc1nc(Cl)cc(N2CCCCC2)n1. The molecule has 5 nitrogen and oxygen atoms in total. The van der Waals surface area contributed by atoms with Crippen LogP contribution >= 0.6 is 35.4 Å². The second-order valence-corrected chi connectivity index (χ2v) is 9.81. The van der Waals surface area contributed by atoms with Crippen LogP contribution in [-0.2, 0) is 5.41 Å². The first-order valence-corrected chi connectivity index (χ1v) is 12.3. The Bertz CT molecular complexity index is 911. The fourth-order valence-electron chi connectivity index (χ4n) is 4.76. The number of rotatable bonds is 5. The lowest BCUT2D eigenvalue weighted by Gasteiger charge is -2.38. The number of nitrogens with one attached hydrogen (secondary N) is 2. The number of nitrogens with zero attached hydrogens (tertiary/aromatic N) is 3. The minimum absolute atomic E-state index is 0.0308. The first-order valence-electron chi connectivity index (χ1n) is 11.1. The summed E-state index contributed by atoms with van der Waals surface area (Å²) < 4.78 is 0. The summed E-state index contributed by atoms with van der Waals surface area (Å²) in [5, 5.41) is 8.27. The van der Waals surface area contributed by atoms with Crippen LogP contribution in [0.3, 0.4) is 0 Å². The third kappa shape index (κ3) is 5.79. The van der Waals surface area contributed by atoms with Crippen LogP contribution in [0.4, 0.5) is 11.8 Å². The molecule has 1 saturated carbocycles. The van der Waals surface area contributed by atoms with Gasteiger partial charge in [-0.25, -0.2) is 4.98 Å². The molecule has 166 valence electrons. The highest BCUT2D eigenvalue weighted by Gasteiger charge is 2.34. The third-order valence-corrected chi connectivity index (χ3v) is 7.10. The summed E-state index contributed by atoms with van der Waals surface area (Å²) in [7, 11) is 0. The van der Waals surface area contributed by atoms with Gasteiger partial charge in [-0.15, -0.1) is 0 Å². The van der Waals surface area contributed by atoms with Crippen molar-refractivity contribution in [2.45, 2.75) is 56.8 Å². The van der Waals surface area contributed by atoms with Crippen LogP contribution in [-0.4, -0.2) is 34.7 Å². The van der Waals surface area contributed by atoms with Crippen LogP contribution in [0.15, 0.2) is 30.3 Å². The molecule has 8 heteroatoms. The molecule has 1 aliphatic heterocycles. The number of thiocarbonyl (C=S) groups is 1. The molecule has 2 heterocycles. The minimum atomic E-state index is 0.0308. The fraction of sp³-hybridized carbons (Fsp3) is 0.522. The molecule has 0 unspecified atom stereocenters. The predicted octanol–water partition coefficient (Wildman–Crippen LogP) is 5.96. The number of benzene rings is 1. The molecule has 4 rings (SSSR count). The van der Waals surface area contributed by atoms with Gasteiger partial charge < -0.3 is 15.5 Å². The van der Waals surface area contributed by atoms with Crippen molar-refractivity contribution in [2.75, 3.05) is 29.9 Å². The molecule has 1 aliphatic carbocycles. The maximum Gasteiger partial charge on any atom is 0.232 e. The molecule has 0 bridgehead atoms. The number of anilines is 2. The van der Waals surface area contributed by atoms with Gasteiger partial charge in [-0.1, -0.05) is 54.6 Å². The maximum atomic E-state index is 6.30. The van der Waals surface area contributed by atoms with Crippen molar-refractivity contribution in [3.05, 3.63) is 46.1 Å². The smallest absolute Gasteiger partial charge is 0.232 e. The van der Waals surface area contributed by atoms with Crippen LogP contribution in [0.2, 0.25) is 10.2 Å². The van der Waals surface area contributed by atoms with Gasteiger partial charge >= 0.3 is 0 Å². The average molecular weight is 478 g/mol. The number of piperidine rings is 1. The van der Waals surface area contributed by atoms with Crippen molar-refractivity contribution in [3.63, 3.8) is 0 Å². The Kier molecular flexibility index (Phi) is 7.51. The van der Waals surface area contributed by atoms with Crippen LogP contribution in [0.1, 0.15) is 56.9 Å². The zero-order valence-corrected chi connectivity index (χ0v) is 20.0. The van der Waals surface area contributed by atoms with E-state index in [0.717, 1.165) is 43.3 Å². The Balaban J connectivity index is 1.43. The largest absolute Gasteiger partial charge is 0.361 e. The van der Waals surface area contributed by atoms with E-state index in [1.807, 2.05) is 18.2 Å². The Morgan fingerprint density at radius 1 is 1.00 bits per heavy atom. The van der Waals surface area contributed by atoms with Gasteiger partial charge in [-0.3, -0.25) is 0 Å². The van der Waals surface area contributed by atoms with E-state index in [4.69, 9.17) is 35.4 Å². The van der Waals surface area contributed by atoms with Crippen LogP contribution in [0.5, 0.6) is 0 Å². The molecule has 2 aromatic rings. The van der Waals surface area contributed by atoms with E-state index in [1.165, 1.54) is 44.1 Å². The highest BCUT2D eigenvalue weighted by Crippen LogP contribution is 2.39. The van der Waals surface area contributed by atoms with Gasteiger partial charge in [0.1, 0.15) is 11.0 Å². The van der Waals surface area contributed by atoms with Crippen molar-refractivity contribution in [2.24, 2.45) is 0 Å². The molecule has 0 radical (unpaired) electrons. The molecule has 1 aromatic carbocycles. The molecule has 31 heavy (non-hydrogen) atoms. The van der Waals surface area contributed by atoms with E-state index >= 15 is 0 Å². The second kappa shape index (κ2) is 10.3. The second-order valence-electron chi connectivity index (χ2n) is 8.58.